The molecule has 0 unspecified atom stereocenters. The van der Waals surface area contributed by atoms with Gasteiger partial charge in [0.1, 0.15) is 0 Å². The van der Waals surface area contributed by atoms with E-state index in [-0.39, 0.29) is 29.6 Å². The zero-order chi connectivity index (χ0) is 19.2. The SMILES string of the molecule is CCN(CC)C(=O)c1ccc(NC(=O)CC2(CN)CCCCC2)cc1Cl.Cl. The van der Waals surface area contributed by atoms with Crippen LogP contribution in [0.5, 0.6) is 0 Å². The van der Waals surface area contributed by atoms with Crippen LogP contribution in [0.15, 0.2) is 18.2 Å². The average Bonchev–Trinajstić information content (AvgIpc) is 2.63. The van der Waals surface area contributed by atoms with Crippen molar-refractivity contribution in [3.63, 3.8) is 0 Å². The number of carbonyl (C=O) groups excluding carboxylic acids is 2. The predicted molar refractivity (Wildman–Crippen MR) is 114 cm³/mol. The Morgan fingerprint density at radius 3 is 2.33 bits per heavy atom. The highest BCUT2D eigenvalue weighted by atomic mass is 35.5. The Bertz CT molecular complexity index is 642. The summed E-state index contributed by atoms with van der Waals surface area (Å²) in [6.45, 7) is 5.67. The fourth-order valence-electron chi connectivity index (χ4n) is 3.75. The normalized spacial score (nSPS) is 15.6. The second-order valence-corrected chi connectivity index (χ2v) is 7.57. The molecule has 0 radical (unpaired) electrons. The van der Waals surface area contributed by atoms with Gasteiger partial charge in [0.25, 0.3) is 5.91 Å². The minimum Gasteiger partial charge on any atom is -0.339 e. The highest BCUT2D eigenvalue weighted by Gasteiger charge is 2.33. The second kappa shape index (κ2) is 10.9. The lowest BCUT2D eigenvalue weighted by Crippen LogP contribution is -2.36. The van der Waals surface area contributed by atoms with Crippen molar-refractivity contribution in [3.8, 4) is 0 Å². The van der Waals surface area contributed by atoms with Gasteiger partial charge in [0.05, 0.1) is 10.6 Å². The van der Waals surface area contributed by atoms with Crippen LogP contribution < -0.4 is 11.1 Å². The van der Waals surface area contributed by atoms with E-state index in [0.29, 0.717) is 42.3 Å². The minimum atomic E-state index is -0.0952. The number of carbonyl (C=O) groups is 2. The maximum Gasteiger partial charge on any atom is 0.255 e. The highest BCUT2D eigenvalue weighted by Crippen LogP contribution is 2.38. The molecule has 0 heterocycles. The lowest BCUT2D eigenvalue weighted by Gasteiger charge is -2.35. The fraction of sp³-hybridized carbons (Fsp3) is 0.600. The number of hydrogen-bond acceptors (Lipinski definition) is 3. The number of amides is 2. The number of benzene rings is 1. The topological polar surface area (TPSA) is 75.4 Å². The molecule has 0 aliphatic heterocycles. The third-order valence-corrected chi connectivity index (χ3v) is 5.73. The van der Waals surface area contributed by atoms with Crippen LogP contribution in [-0.4, -0.2) is 36.3 Å². The van der Waals surface area contributed by atoms with Gasteiger partial charge in [-0.05, 0) is 56.8 Å². The minimum absolute atomic E-state index is 0. The molecule has 1 aromatic rings. The van der Waals surface area contributed by atoms with Gasteiger partial charge in [0.2, 0.25) is 5.91 Å². The van der Waals surface area contributed by atoms with Crippen LogP contribution in [0.2, 0.25) is 5.02 Å². The van der Waals surface area contributed by atoms with E-state index in [1.54, 1.807) is 23.1 Å². The molecule has 2 rings (SSSR count). The van der Waals surface area contributed by atoms with E-state index in [2.05, 4.69) is 5.32 Å². The molecule has 1 aliphatic rings. The summed E-state index contributed by atoms with van der Waals surface area (Å²) in [7, 11) is 0. The number of anilines is 1. The first-order chi connectivity index (χ1) is 12.4. The summed E-state index contributed by atoms with van der Waals surface area (Å²) in [5.74, 6) is -0.140. The van der Waals surface area contributed by atoms with Crippen molar-refractivity contribution in [2.45, 2.75) is 52.4 Å². The van der Waals surface area contributed by atoms with Crippen LogP contribution in [0.3, 0.4) is 0 Å². The molecule has 2 amide bonds. The third kappa shape index (κ3) is 6.09. The molecule has 0 spiro atoms. The third-order valence-electron chi connectivity index (χ3n) is 5.42. The number of rotatable bonds is 7. The number of halogens is 2. The zero-order valence-corrected chi connectivity index (χ0v) is 17.8. The monoisotopic (exact) mass is 415 g/mol. The molecule has 27 heavy (non-hydrogen) atoms. The smallest absolute Gasteiger partial charge is 0.255 e. The Balaban J connectivity index is 0.00000364. The van der Waals surface area contributed by atoms with Crippen molar-refractivity contribution in [2.75, 3.05) is 25.0 Å². The first-order valence-electron chi connectivity index (χ1n) is 9.53. The van der Waals surface area contributed by atoms with Crippen molar-refractivity contribution in [1.82, 2.24) is 4.90 Å². The van der Waals surface area contributed by atoms with E-state index in [4.69, 9.17) is 17.3 Å². The lowest BCUT2D eigenvalue weighted by molar-refractivity contribution is -0.118. The number of nitrogens with zero attached hydrogens (tertiary/aromatic N) is 1. The van der Waals surface area contributed by atoms with Crippen molar-refractivity contribution < 1.29 is 9.59 Å². The fourth-order valence-corrected chi connectivity index (χ4v) is 4.01. The van der Waals surface area contributed by atoms with E-state index in [9.17, 15) is 9.59 Å². The summed E-state index contributed by atoms with van der Waals surface area (Å²) < 4.78 is 0. The molecule has 5 nitrogen and oxygen atoms in total. The maximum absolute atomic E-state index is 12.5. The van der Waals surface area contributed by atoms with Gasteiger partial charge in [-0.1, -0.05) is 30.9 Å². The van der Waals surface area contributed by atoms with Crippen LogP contribution in [0, 0.1) is 5.41 Å². The van der Waals surface area contributed by atoms with Crippen molar-refractivity contribution in [3.05, 3.63) is 28.8 Å². The van der Waals surface area contributed by atoms with Crippen molar-refractivity contribution >= 4 is 41.5 Å². The van der Waals surface area contributed by atoms with Crippen LogP contribution in [0.4, 0.5) is 5.69 Å². The molecule has 7 heteroatoms. The van der Waals surface area contributed by atoms with Crippen molar-refractivity contribution in [2.24, 2.45) is 11.1 Å². The molecular formula is C20H31Cl2N3O2. The molecule has 1 fully saturated rings. The quantitative estimate of drug-likeness (QED) is 0.688. The Labute approximate surface area is 173 Å². The summed E-state index contributed by atoms with van der Waals surface area (Å²) in [6, 6.07) is 5.06. The molecule has 1 aliphatic carbocycles. The summed E-state index contributed by atoms with van der Waals surface area (Å²) in [5, 5.41) is 3.26. The molecule has 0 atom stereocenters. The Morgan fingerprint density at radius 2 is 1.81 bits per heavy atom. The van der Waals surface area contributed by atoms with Gasteiger partial charge < -0.3 is 16.0 Å². The molecular weight excluding hydrogens is 385 g/mol. The van der Waals surface area contributed by atoms with Gasteiger partial charge in [-0.25, -0.2) is 0 Å². The van der Waals surface area contributed by atoms with Gasteiger partial charge in [0.15, 0.2) is 0 Å². The molecule has 1 aromatic carbocycles. The van der Waals surface area contributed by atoms with Crippen LogP contribution in [0.1, 0.15) is 62.7 Å². The van der Waals surface area contributed by atoms with Crippen molar-refractivity contribution in [1.29, 1.82) is 0 Å². The molecule has 1 saturated carbocycles. The van der Waals surface area contributed by atoms with E-state index < -0.39 is 0 Å². The van der Waals surface area contributed by atoms with Crippen LogP contribution >= 0.6 is 24.0 Å². The summed E-state index contributed by atoms with van der Waals surface area (Å²) in [5.41, 5.74) is 6.96. The maximum atomic E-state index is 12.5. The largest absolute Gasteiger partial charge is 0.339 e. The highest BCUT2D eigenvalue weighted by molar-refractivity contribution is 6.34. The van der Waals surface area contributed by atoms with E-state index in [0.717, 1.165) is 25.7 Å². The van der Waals surface area contributed by atoms with Gasteiger partial charge in [-0.3, -0.25) is 9.59 Å². The molecule has 0 saturated heterocycles. The number of nitrogens with two attached hydrogens (primary N) is 1. The lowest BCUT2D eigenvalue weighted by atomic mass is 9.71. The average molecular weight is 416 g/mol. The molecule has 0 aromatic heterocycles. The predicted octanol–water partition coefficient (Wildman–Crippen LogP) is 4.48. The van der Waals surface area contributed by atoms with Gasteiger partial charge >= 0.3 is 0 Å². The standard InChI is InChI=1S/C20H30ClN3O2.ClH/c1-3-24(4-2)19(26)16-9-8-15(12-17(16)21)23-18(25)13-20(14-22)10-6-5-7-11-20;/h8-9,12H,3-7,10-11,13-14,22H2,1-2H3,(H,23,25);1H. The Morgan fingerprint density at radius 1 is 1.19 bits per heavy atom. The molecule has 3 N–H and O–H groups in total. The van der Waals surface area contributed by atoms with Crippen LogP contribution in [0.25, 0.3) is 0 Å². The first-order valence-corrected chi connectivity index (χ1v) is 9.91. The van der Waals surface area contributed by atoms with E-state index in [1.807, 2.05) is 13.8 Å². The Hall–Kier alpha value is -1.30. The van der Waals surface area contributed by atoms with Gasteiger partial charge in [-0.15, -0.1) is 12.4 Å². The van der Waals surface area contributed by atoms with Gasteiger partial charge in [-0.2, -0.15) is 0 Å². The molecule has 0 bridgehead atoms. The van der Waals surface area contributed by atoms with Crippen LogP contribution in [-0.2, 0) is 4.79 Å². The summed E-state index contributed by atoms with van der Waals surface area (Å²) in [4.78, 5) is 26.7. The van der Waals surface area contributed by atoms with Gasteiger partial charge in [0, 0.05) is 25.2 Å². The van der Waals surface area contributed by atoms with E-state index >= 15 is 0 Å². The summed E-state index contributed by atoms with van der Waals surface area (Å²) in [6.07, 6.45) is 5.95. The summed E-state index contributed by atoms with van der Waals surface area (Å²) >= 11 is 6.29. The Kier molecular flexibility index (Phi) is 9.57. The zero-order valence-electron chi connectivity index (χ0n) is 16.2. The molecule has 152 valence electrons. The second-order valence-electron chi connectivity index (χ2n) is 7.16. The number of hydrogen-bond donors (Lipinski definition) is 2. The number of nitrogens with one attached hydrogen (secondary N) is 1. The van der Waals surface area contributed by atoms with E-state index in [1.165, 1.54) is 6.42 Å². The first kappa shape index (κ1) is 23.7.